The number of methoxy groups -OCH3 is 1. The minimum absolute atomic E-state index is 0.117. The number of amides is 1. The highest BCUT2D eigenvalue weighted by Gasteiger charge is 2.38. The van der Waals surface area contributed by atoms with Crippen molar-refractivity contribution in [1.29, 1.82) is 0 Å². The van der Waals surface area contributed by atoms with Crippen LogP contribution in [0.5, 0.6) is 17.2 Å². The van der Waals surface area contributed by atoms with Crippen molar-refractivity contribution < 1.29 is 24.2 Å². The van der Waals surface area contributed by atoms with Crippen molar-refractivity contribution in [2.24, 2.45) is 11.8 Å². The fraction of sp³-hybridized carbons (Fsp3) is 0.440. The summed E-state index contributed by atoms with van der Waals surface area (Å²) in [5.74, 6) is 3.93. The van der Waals surface area contributed by atoms with Crippen LogP contribution in [0.2, 0.25) is 0 Å². The third-order valence-corrected chi connectivity index (χ3v) is 14.5. The Labute approximate surface area is 357 Å². The number of hydrogen-bond donors (Lipinski definition) is 2. The minimum atomic E-state index is 0.117. The van der Waals surface area contributed by atoms with E-state index in [1.807, 2.05) is 25.1 Å². The van der Waals surface area contributed by atoms with Crippen LogP contribution in [0, 0.1) is 11.8 Å². The summed E-state index contributed by atoms with van der Waals surface area (Å²) in [7, 11) is 4.85. The number of phenols is 1. The van der Waals surface area contributed by atoms with Crippen molar-refractivity contribution in [2.45, 2.75) is 76.2 Å². The summed E-state index contributed by atoms with van der Waals surface area (Å²) in [5.41, 5.74) is 10.4. The highest BCUT2D eigenvalue weighted by atomic mass is 31.0. The number of piperidine rings is 2. The molecule has 10 rings (SSSR count). The van der Waals surface area contributed by atoms with Gasteiger partial charge in [0.05, 0.1) is 18.8 Å². The molecule has 4 unspecified atom stereocenters. The monoisotopic (exact) mass is 826 g/mol. The maximum atomic E-state index is 12.3. The first kappa shape index (κ1) is 40.6. The molecule has 0 spiro atoms. The van der Waals surface area contributed by atoms with E-state index in [1.54, 1.807) is 7.11 Å². The van der Waals surface area contributed by atoms with Crippen molar-refractivity contribution in [2.75, 3.05) is 62.8 Å². The third-order valence-electron chi connectivity index (χ3n) is 14.1. The number of benzene rings is 4. The molecular formula is C50H59N4O5P. The van der Waals surface area contributed by atoms with Crippen LogP contribution in [0.4, 0.5) is 11.4 Å². The van der Waals surface area contributed by atoms with Gasteiger partial charge in [0, 0.05) is 91.7 Å². The van der Waals surface area contributed by atoms with E-state index in [0.717, 1.165) is 99.7 Å². The van der Waals surface area contributed by atoms with Crippen LogP contribution in [0.15, 0.2) is 85.1 Å². The number of allylic oxidation sites excluding steroid dienone is 1. The van der Waals surface area contributed by atoms with Crippen molar-refractivity contribution in [3.05, 3.63) is 118 Å². The molecule has 1 amide bonds. The molecule has 0 bridgehead atoms. The van der Waals surface area contributed by atoms with Gasteiger partial charge in [0.15, 0.2) is 5.78 Å². The quantitative estimate of drug-likeness (QED) is 0.191. The molecule has 60 heavy (non-hydrogen) atoms. The Morgan fingerprint density at radius 1 is 0.883 bits per heavy atom. The van der Waals surface area contributed by atoms with E-state index < -0.39 is 0 Å². The average Bonchev–Trinajstić information content (AvgIpc) is 3.65. The lowest BCUT2D eigenvalue weighted by Crippen LogP contribution is -2.58. The number of piperazine rings is 1. The standard InChI is InChI=1S/C43H48N3O4P.C7H11NO/c1-49-40-23-38(41(51)22-36(40)42-32(28-5-3-2-4-6-28)9-7-29-21-31(47)8-10-33(29)42)45-17-15-27(16-18-45)24-44-19-20-46-30(25-44)26-50-43-35-12-14-39(48)34(35)11-13-37(43)46;1-5-3-4-6(2)8-7(5)9/h2-6,8,10-11,13,21-23,27,30,32,42,47H,7,9,12,14-20,24-26,51H2,1H3;5H,2-4H2,1H3,(H,8,9)/t;5-/m.0/s1. The van der Waals surface area contributed by atoms with Gasteiger partial charge in [-0.2, -0.15) is 0 Å². The second kappa shape index (κ2) is 17.3. The highest BCUT2D eigenvalue weighted by molar-refractivity contribution is 7.28. The number of nitrogens with one attached hydrogen (secondary N) is 1. The van der Waals surface area contributed by atoms with Gasteiger partial charge in [-0.25, -0.2) is 0 Å². The van der Waals surface area contributed by atoms with Crippen LogP contribution >= 0.6 is 9.24 Å². The zero-order chi connectivity index (χ0) is 41.5. The van der Waals surface area contributed by atoms with Crippen LogP contribution in [0.25, 0.3) is 0 Å². The van der Waals surface area contributed by atoms with Crippen LogP contribution in [-0.4, -0.2) is 80.7 Å². The van der Waals surface area contributed by atoms with E-state index in [4.69, 9.17) is 9.47 Å². The number of hydrogen-bond acceptors (Lipinski definition) is 8. The lowest BCUT2D eigenvalue weighted by atomic mass is 9.69. The normalized spacial score (nSPS) is 23.9. The summed E-state index contributed by atoms with van der Waals surface area (Å²) in [6.45, 7) is 12.6. The fourth-order valence-electron chi connectivity index (χ4n) is 10.8. The van der Waals surface area contributed by atoms with Crippen LogP contribution in [0.3, 0.4) is 0 Å². The molecule has 3 saturated heterocycles. The number of rotatable bonds is 6. The first-order valence-electron chi connectivity index (χ1n) is 22.0. The predicted molar refractivity (Wildman–Crippen MR) is 243 cm³/mol. The van der Waals surface area contributed by atoms with Crippen LogP contribution in [-0.2, 0) is 17.6 Å². The number of anilines is 2. The third kappa shape index (κ3) is 8.03. The summed E-state index contributed by atoms with van der Waals surface area (Å²) in [6.07, 6.45) is 7.63. The highest BCUT2D eigenvalue weighted by Crippen LogP contribution is 2.50. The number of aryl methyl sites for hydroxylation is 1. The summed E-state index contributed by atoms with van der Waals surface area (Å²) in [6, 6.07) is 25.9. The van der Waals surface area contributed by atoms with Crippen molar-refractivity contribution in [3.63, 3.8) is 0 Å². The second-order valence-corrected chi connectivity index (χ2v) is 18.4. The zero-order valence-electron chi connectivity index (χ0n) is 35.1. The Kier molecular flexibility index (Phi) is 11.7. The van der Waals surface area contributed by atoms with Crippen molar-refractivity contribution in [3.8, 4) is 17.2 Å². The zero-order valence-corrected chi connectivity index (χ0v) is 36.3. The maximum Gasteiger partial charge on any atom is 0.226 e. The molecule has 4 aromatic rings. The Morgan fingerprint density at radius 2 is 1.70 bits per heavy atom. The molecule has 2 N–H and O–H groups in total. The molecule has 0 aromatic heterocycles. The molecule has 4 aromatic carbocycles. The molecule has 314 valence electrons. The molecule has 0 saturated carbocycles. The van der Waals surface area contributed by atoms with Gasteiger partial charge in [0.2, 0.25) is 5.91 Å². The van der Waals surface area contributed by atoms with Crippen molar-refractivity contribution >= 4 is 37.6 Å². The van der Waals surface area contributed by atoms with E-state index >= 15 is 0 Å². The number of phenolic OH excluding ortho intramolecular Hbond substituents is 1. The largest absolute Gasteiger partial charge is 0.508 e. The van der Waals surface area contributed by atoms with Gasteiger partial charge in [0.1, 0.15) is 23.9 Å². The molecule has 4 aliphatic heterocycles. The lowest BCUT2D eigenvalue weighted by Gasteiger charge is -2.47. The molecule has 4 heterocycles. The predicted octanol–water partition coefficient (Wildman–Crippen LogP) is 7.74. The van der Waals surface area contributed by atoms with E-state index in [9.17, 15) is 14.7 Å². The first-order valence-corrected chi connectivity index (χ1v) is 22.6. The molecule has 6 aliphatic rings. The Morgan fingerprint density at radius 3 is 2.47 bits per heavy atom. The second-order valence-electron chi connectivity index (χ2n) is 17.8. The van der Waals surface area contributed by atoms with Gasteiger partial charge in [-0.3, -0.25) is 14.5 Å². The number of ketones is 1. The van der Waals surface area contributed by atoms with Gasteiger partial charge >= 0.3 is 0 Å². The lowest BCUT2D eigenvalue weighted by molar-refractivity contribution is -0.124. The minimum Gasteiger partial charge on any atom is -0.508 e. The first-order chi connectivity index (χ1) is 29.1. The molecule has 5 atom stereocenters. The van der Waals surface area contributed by atoms with E-state index in [2.05, 4.69) is 90.4 Å². The van der Waals surface area contributed by atoms with E-state index in [0.29, 0.717) is 36.7 Å². The molecule has 9 nitrogen and oxygen atoms in total. The molecular weight excluding hydrogens is 768 g/mol. The number of Topliss-reactive ketones (excluding diaryl/α,β-unsaturated/α-hetero) is 1. The smallest absolute Gasteiger partial charge is 0.226 e. The summed E-state index contributed by atoms with van der Waals surface area (Å²) in [5, 5.41) is 14.2. The molecule has 10 heteroatoms. The summed E-state index contributed by atoms with van der Waals surface area (Å²) in [4.78, 5) is 30.9. The fourth-order valence-corrected chi connectivity index (χ4v) is 11.2. The Hall–Kier alpha value is -4.85. The molecule has 3 fully saturated rings. The van der Waals surface area contributed by atoms with Crippen molar-refractivity contribution in [1.82, 2.24) is 10.2 Å². The van der Waals surface area contributed by atoms with Crippen LogP contribution < -0.4 is 29.9 Å². The van der Waals surface area contributed by atoms with Crippen LogP contribution in [0.1, 0.15) is 95.5 Å². The number of carbonyl (C=O) groups excluding carboxylic acids is 2. The number of aromatic hydroxyl groups is 1. The molecule has 2 aliphatic carbocycles. The van der Waals surface area contributed by atoms with E-state index in [-0.39, 0.29) is 23.5 Å². The summed E-state index contributed by atoms with van der Waals surface area (Å²) < 4.78 is 12.6. The van der Waals surface area contributed by atoms with Gasteiger partial charge in [-0.1, -0.05) is 49.9 Å². The Bertz CT molecular complexity index is 2270. The van der Waals surface area contributed by atoms with E-state index in [1.165, 1.54) is 51.8 Å². The number of ether oxygens (including phenoxy) is 2. The SMILES string of the molecule is C=C1CC[C@H](C)C(=O)N1.COc1cc(N2CCC(CN3CCN4c5ccc6c(c5OCC4C3)CCC6=O)CC2)c(P)cc1C1c2ccc(O)cc2CCC1c1ccccc1. The van der Waals surface area contributed by atoms with Gasteiger partial charge in [-0.15, -0.1) is 9.24 Å². The topological polar surface area (TPSA) is 94.6 Å². The average molecular weight is 827 g/mol. The number of carbonyl (C=O) groups is 2. The van der Waals surface area contributed by atoms with Gasteiger partial charge < -0.3 is 29.7 Å². The molecule has 0 radical (unpaired) electrons. The summed E-state index contributed by atoms with van der Waals surface area (Å²) >= 11 is 0. The van der Waals surface area contributed by atoms with Gasteiger partial charge in [0.25, 0.3) is 0 Å². The maximum absolute atomic E-state index is 12.3. The number of nitrogens with zero attached hydrogens (tertiary/aromatic N) is 3. The van der Waals surface area contributed by atoms with Gasteiger partial charge in [-0.05, 0) is 109 Å². The number of fused-ring (bicyclic) bond motifs is 6. The Balaban J connectivity index is 0.000000458.